The molecular weight excluding hydrogens is 374 g/mol. The minimum Gasteiger partial charge on any atom is -0.369 e. The first-order chi connectivity index (χ1) is 13.5. The predicted octanol–water partition coefficient (Wildman–Crippen LogP) is 2.81. The van der Waals surface area contributed by atoms with Crippen molar-refractivity contribution in [2.45, 2.75) is 44.7 Å². The Kier molecular flexibility index (Phi) is 4.76. The number of rotatable bonds is 3. The number of nitrogens with one attached hydrogen (secondary N) is 1. The number of thiazole rings is 1. The first kappa shape index (κ1) is 18.4. The molecule has 28 heavy (non-hydrogen) atoms. The van der Waals surface area contributed by atoms with Crippen LogP contribution in [0.2, 0.25) is 0 Å². The van der Waals surface area contributed by atoms with Gasteiger partial charge >= 0.3 is 0 Å². The molecule has 0 atom stereocenters. The van der Waals surface area contributed by atoms with E-state index < -0.39 is 5.66 Å². The molecule has 1 spiro atoms. The molecule has 8 nitrogen and oxygen atoms in total. The summed E-state index contributed by atoms with van der Waals surface area (Å²) in [5, 5.41) is 5.22. The van der Waals surface area contributed by atoms with Gasteiger partial charge in [-0.2, -0.15) is 4.99 Å². The molecule has 146 valence electrons. The van der Waals surface area contributed by atoms with Crippen molar-refractivity contribution in [1.82, 2.24) is 4.98 Å². The van der Waals surface area contributed by atoms with Gasteiger partial charge in [0.2, 0.25) is 11.9 Å². The monoisotopic (exact) mass is 397 g/mol. The molecule has 0 bridgehead atoms. The van der Waals surface area contributed by atoms with Gasteiger partial charge in [0.25, 0.3) is 5.91 Å². The highest BCUT2D eigenvalue weighted by atomic mass is 32.1. The highest BCUT2D eigenvalue weighted by molar-refractivity contribution is 7.13. The van der Waals surface area contributed by atoms with E-state index >= 15 is 0 Å². The summed E-state index contributed by atoms with van der Waals surface area (Å²) in [5.41, 5.74) is 13.9. The van der Waals surface area contributed by atoms with Gasteiger partial charge in [-0.25, -0.2) is 9.98 Å². The zero-order valence-corrected chi connectivity index (χ0v) is 16.5. The minimum absolute atomic E-state index is 0.206. The Bertz CT molecular complexity index is 945. The van der Waals surface area contributed by atoms with Crippen LogP contribution in [0.5, 0.6) is 0 Å². The average Bonchev–Trinajstić information content (AvgIpc) is 3.16. The molecular formula is C19H23N7OS. The number of amides is 1. The maximum Gasteiger partial charge on any atom is 0.257 e. The Balaban J connectivity index is 1.74. The van der Waals surface area contributed by atoms with Crippen molar-refractivity contribution in [2.75, 3.05) is 10.2 Å². The largest absolute Gasteiger partial charge is 0.369 e. The maximum absolute atomic E-state index is 12.8. The third kappa shape index (κ3) is 3.22. The molecule has 1 aromatic heterocycles. The standard InChI is InChI=1S/C19H23N7OS/c1-12-13(15(27)23-18-22-10-11-28-18)6-5-7-14(12)26-17(21)24-16(20)25-19(26)8-3-2-4-9-19/h5-7,10-11H,2-4,8-9H2,1H3,(H,22,23,27)(H4,20,21,24,25). The Morgan fingerprint density at radius 3 is 2.75 bits per heavy atom. The van der Waals surface area contributed by atoms with E-state index in [9.17, 15) is 4.79 Å². The summed E-state index contributed by atoms with van der Waals surface area (Å²) in [6.07, 6.45) is 6.60. The fourth-order valence-electron chi connectivity index (χ4n) is 4.03. The van der Waals surface area contributed by atoms with E-state index in [1.807, 2.05) is 29.3 Å². The summed E-state index contributed by atoms with van der Waals surface area (Å²) in [4.78, 5) is 27.8. The molecule has 1 saturated carbocycles. The van der Waals surface area contributed by atoms with Crippen LogP contribution in [0.4, 0.5) is 10.8 Å². The number of anilines is 2. The number of hydrogen-bond donors (Lipinski definition) is 3. The number of guanidine groups is 2. The van der Waals surface area contributed by atoms with Crippen molar-refractivity contribution in [3.05, 3.63) is 40.9 Å². The fraction of sp³-hybridized carbons (Fsp3) is 0.368. The van der Waals surface area contributed by atoms with Crippen molar-refractivity contribution in [3.8, 4) is 0 Å². The Morgan fingerprint density at radius 2 is 2.04 bits per heavy atom. The van der Waals surface area contributed by atoms with Crippen molar-refractivity contribution < 1.29 is 4.79 Å². The molecule has 1 aromatic carbocycles. The van der Waals surface area contributed by atoms with Crippen molar-refractivity contribution in [3.63, 3.8) is 0 Å². The van der Waals surface area contributed by atoms with Gasteiger partial charge in [-0.1, -0.05) is 12.5 Å². The Hall–Kier alpha value is -2.94. The van der Waals surface area contributed by atoms with Gasteiger partial charge < -0.3 is 11.5 Å². The molecule has 2 aliphatic rings. The molecule has 9 heteroatoms. The number of carbonyl (C=O) groups is 1. The second kappa shape index (κ2) is 7.23. The zero-order valence-electron chi connectivity index (χ0n) is 15.7. The zero-order chi connectivity index (χ0) is 19.7. The molecule has 0 radical (unpaired) electrons. The Labute approximate surface area is 167 Å². The van der Waals surface area contributed by atoms with Crippen molar-refractivity contribution >= 4 is 40.0 Å². The van der Waals surface area contributed by atoms with Crippen LogP contribution in [0.25, 0.3) is 0 Å². The second-order valence-electron chi connectivity index (χ2n) is 7.06. The molecule has 2 aromatic rings. The van der Waals surface area contributed by atoms with Gasteiger partial charge in [0.1, 0.15) is 5.66 Å². The molecule has 2 heterocycles. The Morgan fingerprint density at radius 1 is 1.25 bits per heavy atom. The van der Waals surface area contributed by atoms with Gasteiger partial charge in [0, 0.05) is 22.8 Å². The normalized spacial score (nSPS) is 18.5. The minimum atomic E-state index is -0.538. The van der Waals surface area contributed by atoms with Gasteiger partial charge in [0.05, 0.1) is 0 Å². The van der Waals surface area contributed by atoms with Gasteiger partial charge in [0.15, 0.2) is 5.13 Å². The molecule has 0 saturated heterocycles. The van der Waals surface area contributed by atoms with Crippen LogP contribution >= 0.6 is 11.3 Å². The summed E-state index contributed by atoms with van der Waals surface area (Å²) < 4.78 is 0. The van der Waals surface area contributed by atoms with E-state index in [1.165, 1.54) is 11.3 Å². The number of benzene rings is 1. The number of aliphatic imine (C=N–C) groups is 2. The molecule has 4 rings (SSSR count). The summed E-state index contributed by atoms with van der Waals surface area (Å²) in [7, 11) is 0. The lowest BCUT2D eigenvalue weighted by Crippen LogP contribution is -2.58. The van der Waals surface area contributed by atoms with Gasteiger partial charge in [-0.15, -0.1) is 11.3 Å². The summed E-state index contributed by atoms with van der Waals surface area (Å²) in [6, 6.07) is 5.60. The lowest BCUT2D eigenvalue weighted by Gasteiger charge is -2.46. The fourth-order valence-corrected chi connectivity index (χ4v) is 4.56. The molecule has 5 N–H and O–H groups in total. The topological polar surface area (TPSA) is 122 Å². The van der Waals surface area contributed by atoms with Crippen molar-refractivity contribution in [1.29, 1.82) is 0 Å². The van der Waals surface area contributed by atoms with Crippen LogP contribution in [-0.2, 0) is 0 Å². The maximum atomic E-state index is 12.8. The first-order valence-corrected chi connectivity index (χ1v) is 10.2. The number of aromatic nitrogens is 1. The van der Waals surface area contributed by atoms with E-state index in [1.54, 1.807) is 12.3 Å². The molecule has 0 unspecified atom stereocenters. The predicted molar refractivity (Wildman–Crippen MR) is 113 cm³/mol. The van der Waals surface area contributed by atoms with Crippen LogP contribution in [0.1, 0.15) is 48.0 Å². The lowest BCUT2D eigenvalue weighted by molar-refractivity contribution is 0.102. The van der Waals surface area contributed by atoms with Crippen LogP contribution in [0.15, 0.2) is 39.8 Å². The van der Waals surface area contributed by atoms with Crippen LogP contribution in [0.3, 0.4) is 0 Å². The summed E-state index contributed by atoms with van der Waals surface area (Å²) >= 11 is 1.38. The molecule has 1 aliphatic heterocycles. The average molecular weight is 398 g/mol. The summed E-state index contributed by atoms with van der Waals surface area (Å²) in [6.45, 7) is 1.91. The summed E-state index contributed by atoms with van der Waals surface area (Å²) in [5.74, 6) is 0.323. The third-order valence-electron chi connectivity index (χ3n) is 5.29. The number of hydrogen-bond acceptors (Lipinski definition) is 8. The molecule has 1 amide bonds. The van der Waals surface area contributed by atoms with Crippen LogP contribution in [-0.4, -0.2) is 28.5 Å². The van der Waals surface area contributed by atoms with E-state index in [-0.39, 0.29) is 11.9 Å². The number of carbonyl (C=O) groups excluding carboxylic acids is 1. The second-order valence-corrected chi connectivity index (χ2v) is 7.95. The van der Waals surface area contributed by atoms with Gasteiger partial charge in [-0.05, 0) is 50.3 Å². The molecule has 1 aliphatic carbocycles. The highest BCUT2D eigenvalue weighted by Crippen LogP contribution is 2.41. The van der Waals surface area contributed by atoms with Crippen LogP contribution in [0, 0.1) is 6.92 Å². The van der Waals surface area contributed by atoms with Crippen molar-refractivity contribution in [2.24, 2.45) is 21.5 Å². The van der Waals surface area contributed by atoms with E-state index in [0.717, 1.165) is 43.4 Å². The van der Waals surface area contributed by atoms with E-state index in [4.69, 9.17) is 16.5 Å². The van der Waals surface area contributed by atoms with Gasteiger partial charge in [-0.3, -0.25) is 15.0 Å². The van der Waals surface area contributed by atoms with Crippen LogP contribution < -0.4 is 21.7 Å². The first-order valence-electron chi connectivity index (χ1n) is 9.30. The third-order valence-corrected chi connectivity index (χ3v) is 5.98. The SMILES string of the molecule is Cc1c(C(=O)Nc2nccs2)cccc1N1C(N)=NC(N)=NC12CCCCC2. The smallest absolute Gasteiger partial charge is 0.257 e. The molecule has 1 fully saturated rings. The lowest BCUT2D eigenvalue weighted by atomic mass is 9.86. The van der Waals surface area contributed by atoms with E-state index in [0.29, 0.717) is 16.7 Å². The highest BCUT2D eigenvalue weighted by Gasteiger charge is 2.43. The quantitative estimate of drug-likeness (QED) is 0.735. The number of nitrogens with two attached hydrogens (primary N) is 2. The number of nitrogens with zero attached hydrogens (tertiary/aromatic N) is 4. The van der Waals surface area contributed by atoms with E-state index in [2.05, 4.69) is 15.3 Å².